The Morgan fingerprint density at radius 3 is 0.917 bits per heavy atom. The average molecular weight is 1570 g/mol. The van der Waals surface area contributed by atoms with Crippen LogP contribution in [0.4, 0.5) is 126 Å². The number of hydrogen-bond acceptors (Lipinski definition) is 13. The maximum atomic E-state index is 14.7. The Bertz CT molecular complexity index is 4610. The van der Waals surface area contributed by atoms with Crippen LogP contribution in [0, 0.1) is 10.1 Å². The smallest absolute Gasteiger partial charge is 0.397 e. The fourth-order valence-electron chi connectivity index (χ4n) is 11.2. The molecule has 9 aromatic rings. The number of alkyl halides is 21. The van der Waals surface area contributed by atoms with Crippen LogP contribution in [-0.4, -0.2) is 111 Å². The van der Waals surface area contributed by atoms with Crippen LogP contribution in [-0.2, 0) is 55.5 Å². The minimum Gasteiger partial charge on any atom is -0.397 e. The van der Waals surface area contributed by atoms with Crippen molar-refractivity contribution in [2.45, 2.75) is 141 Å². The van der Waals surface area contributed by atoms with Crippen LogP contribution in [0.2, 0.25) is 0 Å². The van der Waals surface area contributed by atoms with Gasteiger partial charge in [-0.05, 0) is 164 Å². The van der Waals surface area contributed by atoms with E-state index >= 15 is 0 Å². The number of rotatable bonds is 21. The lowest BCUT2D eigenvalue weighted by atomic mass is 9.88. The molecule has 0 atom stereocenters. The average Bonchev–Trinajstić information content (AvgIpc) is 0.971. The first-order chi connectivity index (χ1) is 50.7. The van der Waals surface area contributed by atoms with E-state index in [0.717, 1.165) is 17.1 Å². The summed E-state index contributed by atoms with van der Waals surface area (Å²) < 4.78 is 288. The van der Waals surface area contributed by atoms with Gasteiger partial charge in [-0.15, -0.1) is 0 Å². The van der Waals surface area contributed by atoms with E-state index < -0.39 is 99.1 Å². The molecule has 0 bridgehead atoms. The summed E-state index contributed by atoms with van der Waals surface area (Å²) in [6.45, 7) is 11.0. The van der Waals surface area contributed by atoms with E-state index in [4.69, 9.17) is 5.73 Å². The molecule has 109 heavy (non-hydrogen) atoms. The number of benzene rings is 6. The van der Waals surface area contributed by atoms with E-state index in [0.29, 0.717) is 60.0 Å². The van der Waals surface area contributed by atoms with Crippen molar-refractivity contribution >= 4 is 51.8 Å². The fraction of sp³-hybridized carbons (Fsp3) is 0.338. The zero-order valence-electron chi connectivity index (χ0n) is 57.6. The molecule has 3 aromatic heterocycles. The zero-order valence-corrected chi connectivity index (χ0v) is 57.6. The van der Waals surface area contributed by atoms with Gasteiger partial charge < -0.3 is 27.0 Å². The van der Waals surface area contributed by atoms with Crippen molar-refractivity contribution in [1.82, 2.24) is 44.3 Å². The molecule has 0 fully saturated rings. The van der Waals surface area contributed by atoms with E-state index in [1.54, 1.807) is 6.07 Å². The van der Waals surface area contributed by atoms with Crippen LogP contribution < -0.4 is 27.0 Å². The number of carbonyl (C=O) groups is 3. The predicted molar refractivity (Wildman–Crippen MR) is 353 cm³/mol. The molecule has 41 heteroatoms. The zero-order chi connectivity index (χ0) is 81.5. The van der Waals surface area contributed by atoms with E-state index in [1.807, 2.05) is 6.92 Å². The van der Waals surface area contributed by atoms with Crippen molar-refractivity contribution < 1.29 is 112 Å². The van der Waals surface area contributed by atoms with Gasteiger partial charge in [0.25, 0.3) is 23.4 Å². The first-order valence-electron chi connectivity index (χ1n) is 32.2. The monoisotopic (exact) mass is 1570 g/mol. The lowest BCUT2D eigenvalue weighted by Crippen LogP contribution is -2.50. The SMILES string of the molecule is CCNc1cc(C(=O)Nc2c(CC)cc(C(F)(C(F)(F)F)C(F)(F)F)cc2CC)ccc1-n1cncn1.CCc1cc(C(F)(C(F)(F)F)C(F)(F)F)cc(CC)c1NC(=O)c1ccc(-n2cncn2)c(N)c1.CCc1cc(C(F)(C(F)(F)F)C(F)(F)F)cc(CC)c1NC(=O)c1ccc(-n2cncn2)c([N+](=O)[O-])c1. The number of nitro groups is 1. The van der Waals surface area contributed by atoms with Gasteiger partial charge in [-0.2, -0.15) is 94.3 Å². The summed E-state index contributed by atoms with van der Waals surface area (Å²) >= 11 is 0. The number of halogens is 21. The molecule has 20 nitrogen and oxygen atoms in total. The first kappa shape index (κ1) is 84.9. The molecule has 0 radical (unpaired) electrons. The standard InChI is InChI=1S/C24H24F7N5O.C22H18F7N5O3.C22H20F7N5O/c1-4-14-9-17(22(25,23(26,27)28)24(29,30)31)10-15(5-2)20(14)35-21(37)16-7-8-19(18(11-16)33-6-3)36-13-32-12-34-36;1-3-12-7-15(20(23,21(24,25)26)22(27,28)29)8-13(4-2)18(12)32-19(35)14-5-6-16(17(9-14)34(36)37)33-11-30-10-31-33;1-3-12-7-15(20(23,21(24,25)26)22(27,28)29)8-13(4-2)18(12)33-19(35)14-5-6-17(16(30)9-14)34-11-31-10-32-34/h7-13,33H,4-6H2,1-3H3,(H,35,37);5-11H,3-4H2,1-2H3,(H,32,35);5-11H,3-4,30H2,1-2H3,(H,33,35). The molecule has 0 unspecified atom stereocenters. The molecule has 0 saturated heterocycles. The summed E-state index contributed by atoms with van der Waals surface area (Å²) in [6.07, 6.45) is -30.3. The second-order valence-corrected chi connectivity index (χ2v) is 23.5. The van der Waals surface area contributed by atoms with Crippen molar-refractivity contribution in [3.8, 4) is 17.1 Å². The van der Waals surface area contributed by atoms with Crippen molar-refractivity contribution in [1.29, 1.82) is 0 Å². The second kappa shape index (κ2) is 32.6. The van der Waals surface area contributed by atoms with Gasteiger partial charge in [0.1, 0.15) is 43.7 Å². The van der Waals surface area contributed by atoms with Crippen LogP contribution in [0.25, 0.3) is 17.1 Å². The number of hydrogen-bond donors (Lipinski definition) is 5. The maximum absolute atomic E-state index is 14.7. The molecule has 0 saturated carbocycles. The Morgan fingerprint density at radius 2 is 0.661 bits per heavy atom. The summed E-state index contributed by atoms with van der Waals surface area (Å²) in [7, 11) is 0. The highest BCUT2D eigenvalue weighted by atomic mass is 19.5. The summed E-state index contributed by atoms with van der Waals surface area (Å²) in [5, 5.41) is 33.9. The highest BCUT2D eigenvalue weighted by molar-refractivity contribution is 6.07. The van der Waals surface area contributed by atoms with Crippen LogP contribution in [0.1, 0.15) is 130 Å². The molecule has 3 amide bonds. The summed E-state index contributed by atoms with van der Waals surface area (Å²) in [4.78, 5) is 61.0. The summed E-state index contributed by atoms with van der Waals surface area (Å²) in [6, 6.07) is 15.0. The van der Waals surface area contributed by atoms with Crippen LogP contribution >= 0.6 is 0 Å². The molecule has 0 aliphatic carbocycles. The molecule has 3 heterocycles. The summed E-state index contributed by atoms with van der Waals surface area (Å²) in [5.74, 6) is -2.29. The number of aryl methyl sites for hydroxylation is 6. The van der Waals surface area contributed by atoms with E-state index in [-0.39, 0.29) is 117 Å². The number of carbonyl (C=O) groups excluding carboxylic acids is 3. The van der Waals surface area contributed by atoms with Crippen LogP contribution in [0.3, 0.4) is 0 Å². The van der Waals surface area contributed by atoms with Crippen LogP contribution in [0.15, 0.2) is 129 Å². The van der Waals surface area contributed by atoms with E-state index in [9.17, 15) is 117 Å². The van der Waals surface area contributed by atoms with Gasteiger partial charge in [0.15, 0.2) is 0 Å². The van der Waals surface area contributed by atoms with Gasteiger partial charge >= 0.3 is 54.1 Å². The molecular weight excluding hydrogens is 1510 g/mol. The van der Waals surface area contributed by atoms with Crippen molar-refractivity contribution in [3.05, 3.63) is 206 Å². The molecule has 0 spiro atoms. The Hall–Kier alpha value is -11.3. The number of anilines is 5. The normalized spacial score (nSPS) is 12.5. The van der Waals surface area contributed by atoms with E-state index in [2.05, 4.69) is 51.5 Å². The van der Waals surface area contributed by atoms with Gasteiger partial charge in [-0.3, -0.25) is 24.5 Å². The molecule has 6 N–H and O–H groups in total. The lowest BCUT2D eigenvalue weighted by molar-refractivity contribution is -0.384. The lowest BCUT2D eigenvalue weighted by Gasteiger charge is -2.31. The first-order valence-corrected chi connectivity index (χ1v) is 32.2. The predicted octanol–water partition coefficient (Wildman–Crippen LogP) is 17.7. The molecule has 6 aromatic carbocycles. The Kier molecular flexibility index (Phi) is 25.4. The quantitative estimate of drug-likeness (QED) is 0.0194. The van der Waals surface area contributed by atoms with Crippen molar-refractivity contribution in [3.63, 3.8) is 0 Å². The van der Waals surface area contributed by atoms with Gasteiger partial charge in [0.05, 0.1) is 27.7 Å². The van der Waals surface area contributed by atoms with Gasteiger partial charge in [0.2, 0.25) is 0 Å². The Labute approximate surface area is 603 Å². The molecule has 0 aliphatic rings. The number of nitrogens with one attached hydrogen (secondary N) is 4. The highest BCUT2D eigenvalue weighted by Crippen LogP contribution is 2.57. The van der Waals surface area contributed by atoms with E-state index in [1.165, 1.54) is 125 Å². The number of amides is 3. The third-order valence-corrected chi connectivity index (χ3v) is 16.8. The number of nitro benzene ring substituents is 1. The van der Waals surface area contributed by atoms with Crippen LogP contribution in [0.5, 0.6) is 0 Å². The minimum absolute atomic E-state index is 0.00868. The maximum Gasteiger partial charge on any atom is 0.435 e. The molecule has 586 valence electrons. The summed E-state index contributed by atoms with van der Waals surface area (Å²) in [5.41, 5.74) is -15.1. The largest absolute Gasteiger partial charge is 0.435 e. The Morgan fingerprint density at radius 1 is 0.394 bits per heavy atom. The van der Waals surface area contributed by atoms with Gasteiger partial charge in [-0.25, -0.2) is 42.2 Å². The molecule has 9 rings (SSSR count). The highest BCUT2D eigenvalue weighted by Gasteiger charge is 2.76. The third kappa shape index (κ3) is 17.3. The topological polar surface area (TPSA) is 261 Å². The van der Waals surface area contributed by atoms with Crippen molar-refractivity contribution in [2.75, 3.05) is 33.5 Å². The molecular formula is C68H62F21N15O5. The van der Waals surface area contributed by atoms with Gasteiger partial charge in [-0.1, -0.05) is 41.5 Å². The molecule has 0 aliphatic heterocycles. The minimum atomic E-state index is -6.29. The van der Waals surface area contributed by atoms with Crippen molar-refractivity contribution in [2.24, 2.45) is 0 Å². The third-order valence-electron chi connectivity index (χ3n) is 16.8. The second-order valence-electron chi connectivity index (χ2n) is 23.5. The fourth-order valence-corrected chi connectivity index (χ4v) is 11.2. The van der Waals surface area contributed by atoms with Gasteiger partial charge in [0, 0.05) is 63.1 Å². The number of nitrogens with two attached hydrogens (primary N) is 1. The number of aromatic nitrogens is 9. The number of nitrogens with zero attached hydrogens (tertiary/aromatic N) is 10. The number of nitrogen functional groups attached to an aromatic ring is 1. The Balaban J connectivity index is 0.000000228.